The highest BCUT2D eigenvalue weighted by atomic mass is 15.0. The molecule has 0 saturated heterocycles. The lowest BCUT2D eigenvalue weighted by atomic mass is 10.1. The normalized spacial score (nSPS) is 10.9. The van der Waals surface area contributed by atoms with Crippen LogP contribution in [0.25, 0.3) is 68.2 Å². The summed E-state index contributed by atoms with van der Waals surface area (Å²) in [4.78, 5) is 36.9. The molecule has 8 heteroatoms. The van der Waals surface area contributed by atoms with E-state index in [0.29, 0.717) is 34.8 Å². The fourth-order valence-corrected chi connectivity index (χ4v) is 4.44. The van der Waals surface area contributed by atoms with Crippen molar-refractivity contribution >= 4 is 0 Å². The molecule has 0 aliphatic rings. The zero-order valence-electron chi connectivity index (χ0n) is 22.3. The molecule has 7 aromatic rings. The minimum Gasteiger partial charge on any atom is -0.252 e. The first kappa shape index (κ1) is 25.0. The molecule has 0 aliphatic carbocycles. The molecule has 0 amide bonds. The van der Waals surface area contributed by atoms with E-state index in [1.807, 2.05) is 103 Å². The van der Waals surface area contributed by atoms with Gasteiger partial charge in [0.25, 0.3) is 0 Å². The van der Waals surface area contributed by atoms with Crippen LogP contribution in [0.1, 0.15) is 0 Å². The molecule has 0 saturated carbocycles. The molecule has 0 aliphatic heterocycles. The zero-order valence-corrected chi connectivity index (χ0v) is 22.3. The molecule has 0 fully saturated rings. The van der Waals surface area contributed by atoms with Crippen LogP contribution in [0.3, 0.4) is 0 Å². The summed E-state index contributed by atoms with van der Waals surface area (Å²) in [5.41, 5.74) is 6.14. The van der Waals surface area contributed by atoms with Crippen LogP contribution in [-0.4, -0.2) is 39.9 Å². The monoisotopic (exact) mass is 542 g/mol. The summed E-state index contributed by atoms with van der Waals surface area (Å²) in [6.45, 7) is 0. The largest absolute Gasteiger partial charge is 0.252 e. The molecule has 42 heavy (non-hydrogen) atoms. The van der Waals surface area contributed by atoms with E-state index in [2.05, 4.69) is 24.9 Å². The van der Waals surface area contributed by atoms with Gasteiger partial charge in [0.1, 0.15) is 5.69 Å². The van der Waals surface area contributed by atoms with Crippen molar-refractivity contribution in [2.45, 2.75) is 0 Å². The molecule has 0 bridgehead atoms. The Labute approximate surface area is 242 Å². The fourth-order valence-electron chi connectivity index (χ4n) is 4.44. The summed E-state index contributed by atoms with van der Waals surface area (Å²) in [7, 11) is 0. The van der Waals surface area contributed by atoms with Gasteiger partial charge < -0.3 is 0 Å². The van der Waals surface area contributed by atoms with Gasteiger partial charge in [-0.15, -0.1) is 0 Å². The van der Waals surface area contributed by atoms with E-state index in [1.54, 1.807) is 31.0 Å². The van der Waals surface area contributed by atoms with Crippen LogP contribution in [0.2, 0.25) is 0 Å². The lowest BCUT2D eigenvalue weighted by molar-refractivity contribution is 1.06. The van der Waals surface area contributed by atoms with Gasteiger partial charge in [0.2, 0.25) is 0 Å². The number of hydrogen-bond acceptors (Lipinski definition) is 8. The zero-order chi connectivity index (χ0) is 28.1. The van der Waals surface area contributed by atoms with Gasteiger partial charge in [0.15, 0.2) is 29.1 Å². The molecule has 0 atom stereocenters. The number of benzene rings is 3. The Morgan fingerprint density at radius 1 is 0.262 bits per heavy atom. The van der Waals surface area contributed by atoms with Gasteiger partial charge in [0.05, 0.1) is 0 Å². The van der Waals surface area contributed by atoms with Crippen LogP contribution in [0.15, 0.2) is 134 Å². The average molecular weight is 543 g/mol. The van der Waals surface area contributed by atoms with Gasteiger partial charge in [-0.25, -0.2) is 34.9 Å². The van der Waals surface area contributed by atoms with Crippen molar-refractivity contribution in [1.82, 2.24) is 39.9 Å². The first-order valence-corrected chi connectivity index (χ1v) is 13.3. The van der Waals surface area contributed by atoms with E-state index >= 15 is 0 Å². The SMILES string of the molecule is c1ccc(-c2cnc(-c3ncc(-c4ccc(-c5nc(-c6ccccc6)nc(-c6ccccc6)n5)nc4)cn3)nc2)cc1. The second-order valence-corrected chi connectivity index (χ2v) is 9.43. The molecule has 3 aromatic carbocycles. The van der Waals surface area contributed by atoms with Gasteiger partial charge >= 0.3 is 0 Å². The molecular weight excluding hydrogens is 520 g/mol. The van der Waals surface area contributed by atoms with Gasteiger partial charge in [0, 0.05) is 58.8 Å². The van der Waals surface area contributed by atoms with Gasteiger partial charge in [-0.1, -0.05) is 97.1 Å². The maximum absolute atomic E-state index is 4.75. The molecule has 0 unspecified atom stereocenters. The first-order chi connectivity index (χ1) is 20.8. The molecule has 0 spiro atoms. The topological polar surface area (TPSA) is 103 Å². The number of pyridine rings is 1. The van der Waals surface area contributed by atoms with E-state index in [0.717, 1.165) is 33.4 Å². The van der Waals surface area contributed by atoms with Crippen molar-refractivity contribution in [3.63, 3.8) is 0 Å². The summed E-state index contributed by atoms with van der Waals surface area (Å²) in [6.07, 6.45) is 8.83. The Bertz CT molecular complexity index is 1870. The van der Waals surface area contributed by atoms with Gasteiger partial charge in [-0.05, 0) is 11.6 Å². The molecule has 0 radical (unpaired) electrons. The number of aromatic nitrogens is 8. The van der Waals surface area contributed by atoms with Gasteiger partial charge in [-0.2, -0.15) is 0 Å². The lowest BCUT2D eigenvalue weighted by Gasteiger charge is -2.08. The maximum Gasteiger partial charge on any atom is 0.197 e. The van der Waals surface area contributed by atoms with E-state index in [4.69, 9.17) is 15.0 Å². The third kappa shape index (κ3) is 5.24. The molecule has 198 valence electrons. The third-order valence-corrected chi connectivity index (χ3v) is 6.64. The Morgan fingerprint density at radius 3 is 1.12 bits per heavy atom. The molecule has 7 rings (SSSR count). The van der Waals surface area contributed by atoms with Crippen LogP contribution >= 0.6 is 0 Å². The highest BCUT2D eigenvalue weighted by molar-refractivity contribution is 5.68. The second-order valence-electron chi connectivity index (χ2n) is 9.43. The van der Waals surface area contributed by atoms with Crippen molar-refractivity contribution in [2.24, 2.45) is 0 Å². The van der Waals surface area contributed by atoms with Crippen molar-refractivity contribution < 1.29 is 0 Å². The highest BCUT2D eigenvalue weighted by Crippen LogP contribution is 2.26. The van der Waals surface area contributed by atoms with Crippen molar-refractivity contribution in [3.05, 3.63) is 134 Å². The van der Waals surface area contributed by atoms with Crippen LogP contribution in [0.4, 0.5) is 0 Å². The van der Waals surface area contributed by atoms with Crippen LogP contribution in [0, 0.1) is 0 Å². The van der Waals surface area contributed by atoms with Crippen molar-refractivity contribution in [3.8, 4) is 68.2 Å². The summed E-state index contributed by atoms with van der Waals surface area (Å²) < 4.78 is 0. The second kappa shape index (κ2) is 11.2. The van der Waals surface area contributed by atoms with Crippen LogP contribution in [0.5, 0.6) is 0 Å². The predicted molar refractivity (Wildman–Crippen MR) is 161 cm³/mol. The summed E-state index contributed by atoms with van der Waals surface area (Å²) in [5.74, 6) is 2.60. The van der Waals surface area contributed by atoms with Crippen molar-refractivity contribution in [1.29, 1.82) is 0 Å². The number of nitrogens with zero attached hydrogens (tertiary/aromatic N) is 8. The Hall–Kier alpha value is -6.02. The summed E-state index contributed by atoms with van der Waals surface area (Å²) in [6, 6.07) is 33.6. The van der Waals surface area contributed by atoms with Gasteiger partial charge in [-0.3, -0.25) is 4.98 Å². The van der Waals surface area contributed by atoms with Crippen molar-refractivity contribution in [2.75, 3.05) is 0 Å². The minimum absolute atomic E-state index is 0.454. The smallest absolute Gasteiger partial charge is 0.197 e. The molecular formula is C34H22N8. The summed E-state index contributed by atoms with van der Waals surface area (Å²) >= 11 is 0. The third-order valence-electron chi connectivity index (χ3n) is 6.64. The maximum atomic E-state index is 4.75. The first-order valence-electron chi connectivity index (χ1n) is 13.3. The highest BCUT2D eigenvalue weighted by Gasteiger charge is 2.13. The Kier molecular flexibility index (Phi) is 6.68. The standard InChI is InChI=1S/C34H22N8/c1-4-10-23(11-5-1)27-19-36-33(37-20-27)34-38-21-28(22-39-34)26-16-17-29(35-18-26)32-41-30(24-12-6-2-7-13-24)40-31(42-32)25-14-8-3-9-15-25/h1-22H. The molecule has 8 nitrogen and oxygen atoms in total. The number of rotatable bonds is 6. The van der Waals surface area contributed by atoms with Crippen LogP contribution in [-0.2, 0) is 0 Å². The lowest BCUT2D eigenvalue weighted by Crippen LogP contribution is -2.01. The van der Waals surface area contributed by atoms with E-state index in [-0.39, 0.29) is 0 Å². The Morgan fingerprint density at radius 2 is 0.667 bits per heavy atom. The average Bonchev–Trinajstić information content (AvgIpc) is 3.09. The minimum atomic E-state index is 0.454. The van der Waals surface area contributed by atoms with E-state index < -0.39 is 0 Å². The number of hydrogen-bond donors (Lipinski definition) is 0. The van der Waals surface area contributed by atoms with Crippen LogP contribution < -0.4 is 0 Å². The molecule has 4 aromatic heterocycles. The predicted octanol–water partition coefficient (Wildman–Crippen LogP) is 6.85. The quantitative estimate of drug-likeness (QED) is 0.225. The summed E-state index contributed by atoms with van der Waals surface area (Å²) in [5, 5.41) is 0. The molecule has 0 N–H and O–H groups in total. The Balaban J connectivity index is 1.15. The van der Waals surface area contributed by atoms with E-state index in [9.17, 15) is 0 Å². The van der Waals surface area contributed by atoms with E-state index in [1.165, 1.54) is 0 Å². The fraction of sp³-hybridized carbons (Fsp3) is 0. The molecule has 4 heterocycles.